The number of hydrogen-bond donors (Lipinski definition) is 0. The molecule has 0 spiro atoms. The summed E-state index contributed by atoms with van der Waals surface area (Å²) in [6, 6.07) is 2.64. The molecule has 1 aliphatic rings. The molecule has 18 heavy (non-hydrogen) atoms. The molecule has 100 valence electrons. The highest BCUT2D eigenvalue weighted by Crippen LogP contribution is 2.26. The second-order valence-electron chi connectivity index (χ2n) is 5.11. The first-order valence-electron chi connectivity index (χ1n) is 6.61. The molecule has 0 aromatic carbocycles. The fourth-order valence-electron chi connectivity index (χ4n) is 2.64. The number of carbonyl (C=O) groups is 1. The normalized spacial score (nSPS) is 21.8. The van der Waals surface area contributed by atoms with Crippen molar-refractivity contribution in [2.45, 2.75) is 51.6 Å². The van der Waals surface area contributed by atoms with Crippen LogP contribution in [0.1, 0.15) is 43.9 Å². The van der Waals surface area contributed by atoms with E-state index in [0.29, 0.717) is 18.2 Å². The van der Waals surface area contributed by atoms with Crippen molar-refractivity contribution in [1.82, 2.24) is 4.90 Å². The first kappa shape index (κ1) is 14.2. The fraction of sp³-hybridized carbons (Fsp3) is 0.643. The van der Waals surface area contributed by atoms with Crippen molar-refractivity contribution in [3.8, 4) is 0 Å². The topological polar surface area (TPSA) is 20.3 Å². The maximum Gasteiger partial charge on any atom is 0.131 e. The zero-order chi connectivity index (χ0) is 13.0. The summed E-state index contributed by atoms with van der Waals surface area (Å²) in [5.74, 6) is 0.319. The maximum atomic E-state index is 11.4. The Bertz CT molecular complexity index is 404. The second kappa shape index (κ2) is 6.83. The molecular formula is C14H20BrNOS. The molecule has 0 amide bonds. The number of carbonyl (C=O) groups excluding carboxylic acids is 1. The van der Waals surface area contributed by atoms with Gasteiger partial charge in [0, 0.05) is 33.7 Å². The quantitative estimate of drug-likeness (QED) is 0.823. The Kier molecular flexibility index (Phi) is 5.39. The van der Waals surface area contributed by atoms with E-state index in [1.54, 1.807) is 18.3 Å². The zero-order valence-electron chi connectivity index (χ0n) is 10.8. The molecule has 0 saturated carbocycles. The molecule has 1 saturated heterocycles. The van der Waals surface area contributed by atoms with E-state index in [1.165, 1.54) is 35.0 Å². The summed E-state index contributed by atoms with van der Waals surface area (Å²) in [7, 11) is 0. The van der Waals surface area contributed by atoms with Gasteiger partial charge in [0.2, 0.25) is 0 Å². The standard InChI is InChI=1S/C14H20BrNOS/c1-11(17)7-13-5-3-2-4-6-16(13)9-14-8-12(15)10-18-14/h8,10,13H,2-7,9H2,1H3. The number of thiophene rings is 1. The van der Waals surface area contributed by atoms with Crippen LogP contribution in [0.15, 0.2) is 15.9 Å². The van der Waals surface area contributed by atoms with Gasteiger partial charge in [-0.3, -0.25) is 9.69 Å². The maximum absolute atomic E-state index is 11.4. The minimum Gasteiger partial charge on any atom is -0.300 e. The van der Waals surface area contributed by atoms with Crippen LogP contribution in [0.4, 0.5) is 0 Å². The molecule has 2 nitrogen and oxygen atoms in total. The van der Waals surface area contributed by atoms with Crippen LogP contribution in [-0.2, 0) is 11.3 Å². The van der Waals surface area contributed by atoms with Gasteiger partial charge in [-0.15, -0.1) is 11.3 Å². The number of rotatable bonds is 4. The molecule has 2 rings (SSSR count). The Morgan fingerprint density at radius 1 is 1.50 bits per heavy atom. The Morgan fingerprint density at radius 3 is 3.00 bits per heavy atom. The molecule has 1 fully saturated rings. The summed E-state index contributed by atoms with van der Waals surface area (Å²) in [6.07, 6.45) is 5.72. The van der Waals surface area contributed by atoms with Crippen molar-refractivity contribution in [3.63, 3.8) is 0 Å². The minimum atomic E-state index is 0.319. The lowest BCUT2D eigenvalue weighted by Gasteiger charge is -2.28. The van der Waals surface area contributed by atoms with Crippen LogP contribution in [0, 0.1) is 0 Å². The van der Waals surface area contributed by atoms with Crippen LogP contribution in [-0.4, -0.2) is 23.3 Å². The molecule has 2 heterocycles. The molecule has 4 heteroatoms. The van der Waals surface area contributed by atoms with E-state index in [-0.39, 0.29) is 0 Å². The van der Waals surface area contributed by atoms with Gasteiger partial charge in [0.05, 0.1) is 0 Å². The second-order valence-corrected chi connectivity index (χ2v) is 7.02. The SMILES string of the molecule is CC(=O)CC1CCCCCN1Cc1cc(Br)cs1. The monoisotopic (exact) mass is 329 g/mol. The summed E-state index contributed by atoms with van der Waals surface area (Å²) in [5.41, 5.74) is 0. The number of ketones is 1. The molecule has 1 unspecified atom stereocenters. The average Bonchev–Trinajstić information content (AvgIpc) is 2.58. The van der Waals surface area contributed by atoms with Crippen molar-refractivity contribution in [2.75, 3.05) is 6.54 Å². The van der Waals surface area contributed by atoms with Gasteiger partial charge in [-0.05, 0) is 48.3 Å². The van der Waals surface area contributed by atoms with Crippen molar-refractivity contribution >= 4 is 33.0 Å². The third-order valence-corrected chi connectivity index (χ3v) is 5.19. The highest BCUT2D eigenvalue weighted by atomic mass is 79.9. The lowest BCUT2D eigenvalue weighted by atomic mass is 10.0. The fourth-order valence-corrected chi connectivity index (χ4v) is 4.12. The van der Waals surface area contributed by atoms with Crippen molar-refractivity contribution < 1.29 is 4.79 Å². The highest BCUT2D eigenvalue weighted by Gasteiger charge is 2.22. The highest BCUT2D eigenvalue weighted by molar-refractivity contribution is 9.10. The van der Waals surface area contributed by atoms with E-state index in [9.17, 15) is 4.79 Å². The Hall–Kier alpha value is -0.190. The Labute approximate surface area is 122 Å². The van der Waals surface area contributed by atoms with Gasteiger partial charge in [0.1, 0.15) is 5.78 Å². The van der Waals surface area contributed by atoms with Crippen LogP contribution in [0.5, 0.6) is 0 Å². The molecule has 1 aromatic rings. The molecule has 1 aromatic heterocycles. The van der Waals surface area contributed by atoms with Gasteiger partial charge in [0.25, 0.3) is 0 Å². The van der Waals surface area contributed by atoms with E-state index in [4.69, 9.17) is 0 Å². The molecule has 1 aliphatic heterocycles. The number of nitrogens with zero attached hydrogens (tertiary/aromatic N) is 1. The van der Waals surface area contributed by atoms with Gasteiger partial charge < -0.3 is 0 Å². The van der Waals surface area contributed by atoms with Gasteiger partial charge >= 0.3 is 0 Å². The summed E-state index contributed by atoms with van der Waals surface area (Å²) in [5, 5.41) is 2.13. The number of halogens is 1. The molecule has 0 N–H and O–H groups in total. The van der Waals surface area contributed by atoms with Crippen LogP contribution in [0.25, 0.3) is 0 Å². The molecular weight excluding hydrogens is 310 g/mol. The summed E-state index contributed by atoms with van der Waals surface area (Å²) >= 11 is 5.30. The van der Waals surface area contributed by atoms with Crippen LogP contribution in [0.3, 0.4) is 0 Å². The zero-order valence-corrected chi connectivity index (χ0v) is 13.2. The average molecular weight is 330 g/mol. The predicted octanol–water partition coefficient (Wildman–Crippen LogP) is 4.23. The van der Waals surface area contributed by atoms with Crippen LogP contribution in [0.2, 0.25) is 0 Å². The van der Waals surface area contributed by atoms with Gasteiger partial charge in [-0.1, -0.05) is 12.8 Å². The van der Waals surface area contributed by atoms with Crippen LogP contribution >= 0.6 is 27.3 Å². The van der Waals surface area contributed by atoms with E-state index >= 15 is 0 Å². The van der Waals surface area contributed by atoms with E-state index in [2.05, 4.69) is 32.3 Å². The van der Waals surface area contributed by atoms with Crippen molar-refractivity contribution in [1.29, 1.82) is 0 Å². The third kappa shape index (κ3) is 4.18. The molecule has 0 aliphatic carbocycles. The molecule has 0 radical (unpaired) electrons. The summed E-state index contributed by atoms with van der Waals surface area (Å²) < 4.78 is 1.17. The van der Waals surface area contributed by atoms with Crippen LogP contribution < -0.4 is 0 Å². The third-order valence-electron chi connectivity index (χ3n) is 3.50. The lowest BCUT2D eigenvalue weighted by Crippen LogP contribution is -2.35. The largest absolute Gasteiger partial charge is 0.300 e. The number of likely N-dealkylation sites (tertiary alicyclic amines) is 1. The number of Topliss-reactive ketones (excluding diaryl/α,β-unsaturated/α-hetero) is 1. The summed E-state index contributed by atoms with van der Waals surface area (Å²) in [4.78, 5) is 15.3. The smallest absolute Gasteiger partial charge is 0.131 e. The number of hydrogen-bond acceptors (Lipinski definition) is 3. The first-order valence-corrected chi connectivity index (χ1v) is 8.29. The Balaban J connectivity index is 2.02. The van der Waals surface area contributed by atoms with Crippen molar-refractivity contribution in [3.05, 3.63) is 20.8 Å². The van der Waals surface area contributed by atoms with Gasteiger partial charge in [-0.2, -0.15) is 0 Å². The van der Waals surface area contributed by atoms with Gasteiger partial charge in [-0.25, -0.2) is 0 Å². The first-order chi connectivity index (χ1) is 8.65. The van der Waals surface area contributed by atoms with Crippen molar-refractivity contribution in [2.24, 2.45) is 0 Å². The minimum absolute atomic E-state index is 0.319. The van der Waals surface area contributed by atoms with E-state index in [1.807, 2.05) is 0 Å². The van der Waals surface area contributed by atoms with E-state index < -0.39 is 0 Å². The van der Waals surface area contributed by atoms with E-state index in [0.717, 1.165) is 13.1 Å². The predicted molar refractivity (Wildman–Crippen MR) is 80.0 cm³/mol. The molecule has 1 atom stereocenters. The lowest BCUT2D eigenvalue weighted by molar-refractivity contribution is -0.118. The Morgan fingerprint density at radius 2 is 2.33 bits per heavy atom. The van der Waals surface area contributed by atoms with Gasteiger partial charge in [0.15, 0.2) is 0 Å². The summed E-state index contributed by atoms with van der Waals surface area (Å²) in [6.45, 7) is 3.84. The molecule has 0 bridgehead atoms.